The van der Waals surface area contributed by atoms with Crippen LogP contribution in [0.4, 0.5) is 14.5 Å². The quantitative estimate of drug-likeness (QED) is 0.209. The lowest BCUT2D eigenvalue weighted by molar-refractivity contribution is -0.235. The monoisotopic (exact) mass is 802 g/mol. The minimum atomic E-state index is -2.32. The highest BCUT2D eigenvalue weighted by atomic mass is 32.2. The van der Waals surface area contributed by atoms with E-state index in [4.69, 9.17) is 9.47 Å². The largest absolute Gasteiger partial charge is 0.390 e. The summed E-state index contributed by atoms with van der Waals surface area (Å²) in [6.07, 6.45) is 4.58. The van der Waals surface area contributed by atoms with Crippen LogP contribution < -0.4 is 5.32 Å². The number of ether oxygens (including phenoxy) is 2. The Morgan fingerprint density at radius 1 is 1.02 bits per heavy atom. The van der Waals surface area contributed by atoms with E-state index in [9.17, 15) is 29.4 Å². The number of benzene rings is 2. The van der Waals surface area contributed by atoms with E-state index in [0.717, 1.165) is 35.1 Å². The normalized spacial score (nSPS) is 36.4. The lowest BCUT2D eigenvalue weighted by Crippen LogP contribution is -2.70. The molecule has 6 aliphatic rings. The predicted octanol–water partition coefficient (Wildman–Crippen LogP) is 6.38. The van der Waals surface area contributed by atoms with Crippen LogP contribution in [0.15, 0.2) is 94.3 Å². The number of carbonyl (C=O) groups excluding carboxylic acids is 4. The van der Waals surface area contributed by atoms with Gasteiger partial charge in [0.2, 0.25) is 11.8 Å². The van der Waals surface area contributed by atoms with E-state index in [0.29, 0.717) is 30.8 Å². The summed E-state index contributed by atoms with van der Waals surface area (Å²) in [5.74, 6) is -2.74. The van der Waals surface area contributed by atoms with Crippen LogP contribution >= 0.6 is 11.8 Å². The van der Waals surface area contributed by atoms with Gasteiger partial charge in [0.25, 0.3) is 0 Å². The fourth-order valence-electron chi connectivity index (χ4n) is 10.8. The van der Waals surface area contributed by atoms with Crippen molar-refractivity contribution in [3.05, 3.63) is 90.0 Å². The summed E-state index contributed by atoms with van der Waals surface area (Å²) < 4.78 is 46.7. The van der Waals surface area contributed by atoms with Crippen LogP contribution in [0, 0.1) is 22.7 Å². The van der Waals surface area contributed by atoms with Crippen molar-refractivity contribution < 1.29 is 47.6 Å². The molecule has 0 aromatic heterocycles. The molecule has 8 rings (SSSR count). The molecule has 302 valence electrons. The second kappa shape index (κ2) is 15.0. The molecule has 10 atom stereocenters. The van der Waals surface area contributed by atoms with Gasteiger partial charge in [0, 0.05) is 63.4 Å². The second-order valence-electron chi connectivity index (χ2n) is 16.7. The van der Waals surface area contributed by atoms with Crippen LogP contribution in [0.5, 0.6) is 0 Å². The molecule has 1 saturated heterocycles. The maximum absolute atomic E-state index is 17.7. The number of aliphatic hydroxyl groups is 2. The smallest absolute Gasteiger partial charge is 0.246 e. The molecule has 3 N–H and O–H groups in total. The third-order valence-corrected chi connectivity index (χ3v) is 14.7. The standard InChI is InChI=1S/C44H48F2N2O8S/c1-41-17-16-28(50)21-33(41)34(45)22-32-31-23-37-44(36(52)25-49,42(31,2)24-35(51)43(32,41)46)56-40(55-37)26-12-14-29(15-13-26)57-30-9-6-8-27(20-30)47-38(53)10-4-3-5-18-48-19-7-11-39(48)54/h6-9,11-17,20-21,31-32,34-35,37,40,49,51H,3-5,10,18-19,22-25H2,1-2H3,(H,47,53)/t31-,32-,34-,35-,37+,40+,41-,42-,43-,44+/m0/s1. The molecule has 0 spiro atoms. The van der Waals surface area contributed by atoms with E-state index in [2.05, 4.69) is 5.32 Å². The lowest BCUT2D eigenvalue weighted by Gasteiger charge is -2.63. The third kappa shape index (κ3) is 6.44. The number of alkyl halides is 2. The highest BCUT2D eigenvalue weighted by Gasteiger charge is 2.80. The lowest BCUT2D eigenvalue weighted by atomic mass is 9.44. The summed E-state index contributed by atoms with van der Waals surface area (Å²) in [4.78, 5) is 54.0. The highest BCUT2D eigenvalue weighted by Crippen LogP contribution is 2.72. The number of fused-ring (bicyclic) bond motifs is 7. The first-order chi connectivity index (χ1) is 27.2. The van der Waals surface area contributed by atoms with Gasteiger partial charge in [0.1, 0.15) is 12.8 Å². The zero-order chi connectivity index (χ0) is 40.3. The average molecular weight is 803 g/mol. The summed E-state index contributed by atoms with van der Waals surface area (Å²) in [5, 5.41) is 25.0. The molecule has 2 aromatic rings. The van der Waals surface area contributed by atoms with Gasteiger partial charge in [0.05, 0.1) is 12.2 Å². The third-order valence-electron chi connectivity index (χ3n) is 13.7. The van der Waals surface area contributed by atoms with Crippen LogP contribution in [0.25, 0.3) is 0 Å². The number of ketones is 2. The number of Topliss-reactive ketones (excluding diaryl/α,β-unsaturated/α-hetero) is 1. The van der Waals surface area contributed by atoms with Gasteiger partial charge in [-0.1, -0.05) is 55.5 Å². The zero-order valence-electron chi connectivity index (χ0n) is 32.0. The molecule has 3 saturated carbocycles. The van der Waals surface area contributed by atoms with Gasteiger partial charge in [-0.2, -0.15) is 0 Å². The number of nitrogens with one attached hydrogen (secondary N) is 1. The molecule has 2 amide bonds. The minimum Gasteiger partial charge on any atom is -0.390 e. The molecular weight excluding hydrogens is 755 g/mol. The van der Waals surface area contributed by atoms with E-state index in [1.807, 2.05) is 54.6 Å². The molecule has 2 aliphatic heterocycles. The van der Waals surface area contributed by atoms with Gasteiger partial charge in [-0.05, 0) is 93.0 Å². The SMILES string of the molecule is C[C@]12C=CC(=O)C=C1[C@@H](F)C[C@H]1[C@@H]3C[C@H]4O[C@@H](c5ccc(Sc6cccc(NC(=O)CCCCCN7CC=CC7=O)c6)cc5)O[C@@]4(C(=O)CO)[C@@]3(C)C[C@H](O)[C@@]12F. The van der Waals surface area contributed by atoms with Crippen LogP contribution in [-0.4, -0.2) is 87.8 Å². The molecular formula is C44H48F2N2O8S. The van der Waals surface area contributed by atoms with Crippen LogP contribution in [0.1, 0.15) is 70.6 Å². The van der Waals surface area contributed by atoms with Crippen molar-refractivity contribution in [2.24, 2.45) is 22.7 Å². The fraction of sp³-hybridized carbons (Fsp3) is 0.500. The Balaban J connectivity index is 0.925. The number of amides is 2. The Labute approximate surface area is 334 Å². The number of rotatable bonds is 12. The van der Waals surface area contributed by atoms with Crippen molar-refractivity contribution in [2.45, 2.75) is 105 Å². The summed E-state index contributed by atoms with van der Waals surface area (Å²) in [5.41, 5.74) is -5.48. The zero-order valence-corrected chi connectivity index (χ0v) is 32.8. The molecule has 4 aliphatic carbocycles. The number of anilines is 1. The number of unbranched alkanes of at least 4 members (excludes halogenated alkanes) is 2. The molecule has 13 heteroatoms. The Morgan fingerprint density at radius 3 is 2.54 bits per heavy atom. The number of allylic oxidation sites excluding steroid dienone is 4. The van der Waals surface area contributed by atoms with E-state index < -0.39 is 76.8 Å². The number of hydrogen-bond acceptors (Lipinski definition) is 9. The van der Waals surface area contributed by atoms with E-state index in [1.165, 1.54) is 30.8 Å². The maximum Gasteiger partial charge on any atom is 0.246 e. The first-order valence-electron chi connectivity index (χ1n) is 19.8. The maximum atomic E-state index is 17.7. The Bertz CT molecular complexity index is 2060. The molecule has 0 radical (unpaired) electrons. The number of aliphatic hydroxyl groups excluding tert-OH is 2. The molecule has 57 heavy (non-hydrogen) atoms. The van der Waals surface area contributed by atoms with Crippen molar-refractivity contribution in [1.29, 1.82) is 0 Å². The van der Waals surface area contributed by atoms with Crippen molar-refractivity contribution >= 4 is 40.8 Å². The van der Waals surface area contributed by atoms with Gasteiger partial charge in [0.15, 0.2) is 29.1 Å². The average Bonchev–Trinajstić information content (AvgIpc) is 3.85. The van der Waals surface area contributed by atoms with Crippen molar-refractivity contribution in [3.8, 4) is 0 Å². The number of nitrogens with zero attached hydrogens (tertiary/aromatic N) is 1. The topological polar surface area (TPSA) is 142 Å². The van der Waals surface area contributed by atoms with Gasteiger partial charge in [-0.15, -0.1) is 0 Å². The van der Waals surface area contributed by atoms with Gasteiger partial charge < -0.3 is 29.9 Å². The number of halogens is 2. The predicted molar refractivity (Wildman–Crippen MR) is 207 cm³/mol. The molecule has 4 fully saturated rings. The van der Waals surface area contributed by atoms with Crippen LogP contribution in [0.2, 0.25) is 0 Å². The Morgan fingerprint density at radius 2 is 1.81 bits per heavy atom. The van der Waals surface area contributed by atoms with Gasteiger partial charge in [-0.25, -0.2) is 8.78 Å². The molecule has 10 nitrogen and oxygen atoms in total. The van der Waals surface area contributed by atoms with Crippen LogP contribution in [0.3, 0.4) is 0 Å². The fourth-order valence-corrected chi connectivity index (χ4v) is 11.7. The Hall–Kier alpha value is -4.01. The molecule has 2 aromatic carbocycles. The Kier molecular flexibility index (Phi) is 10.5. The summed E-state index contributed by atoms with van der Waals surface area (Å²) >= 11 is 1.49. The van der Waals surface area contributed by atoms with E-state index in [-0.39, 0.29) is 36.6 Å². The van der Waals surface area contributed by atoms with E-state index in [1.54, 1.807) is 17.9 Å². The van der Waals surface area contributed by atoms with Gasteiger partial charge >= 0.3 is 0 Å². The summed E-state index contributed by atoms with van der Waals surface area (Å²) in [6.45, 7) is 3.78. The molecule has 0 unspecified atom stereocenters. The highest BCUT2D eigenvalue weighted by molar-refractivity contribution is 7.99. The molecule has 2 heterocycles. The second-order valence-corrected chi connectivity index (χ2v) is 17.9. The minimum absolute atomic E-state index is 0.0222. The van der Waals surface area contributed by atoms with Crippen LogP contribution in [-0.2, 0) is 28.7 Å². The number of carbonyl (C=O) groups is 4. The first kappa shape index (κ1) is 39.8. The van der Waals surface area contributed by atoms with E-state index >= 15 is 8.78 Å². The van der Waals surface area contributed by atoms with Crippen molar-refractivity contribution in [2.75, 3.05) is 25.0 Å². The number of hydrogen-bond donors (Lipinski definition) is 3. The van der Waals surface area contributed by atoms with Gasteiger partial charge in [-0.3, -0.25) is 19.2 Å². The first-order valence-corrected chi connectivity index (χ1v) is 20.6. The molecule has 0 bridgehead atoms. The van der Waals surface area contributed by atoms with Crippen molar-refractivity contribution in [3.63, 3.8) is 0 Å². The summed E-state index contributed by atoms with van der Waals surface area (Å²) in [7, 11) is 0. The van der Waals surface area contributed by atoms with Crippen molar-refractivity contribution in [1.82, 2.24) is 4.90 Å². The summed E-state index contributed by atoms with van der Waals surface area (Å²) in [6, 6.07) is 15.0.